The number of aryl methyl sites for hydroxylation is 2. The maximum atomic E-state index is 12.6. The molecule has 1 aliphatic rings. The molecule has 3 rings (SSSR count). The van der Waals surface area contributed by atoms with Gasteiger partial charge < -0.3 is 0 Å². The molecular weight excluding hydrogens is 302 g/mol. The van der Waals surface area contributed by atoms with E-state index in [1.54, 1.807) is 28.9 Å². The molecule has 2 heterocycles. The first-order chi connectivity index (χ1) is 10.5. The van der Waals surface area contributed by atoms with Crippen LogP contribution in [0.3, 0.4) is 0 Å². The van der Waals surface area contributed by atoms with Crippen LogP contribution in [0.15, 0.2) is 30.3 Å². The van der Waals surface area contributed by atoms with E-state index in [4.69, 9.17) is 11.6 Å². The van der Waals surface area contributed by atoms with Gasteiger partial charge >= 0.3 is 0 Å². The first-order valence-corrected chi connectivity index (χ1v) is 7.47. The lowest BCUT2D eigenvalue weighted by molar-refractivity contribution is -0.122. The highest BCUT2D eigenvalue weighted by atomic mass is 35.5. The standard InChI is InChI=1S/C16H16ClN3O2/c1-10-7-11(2)19(18-10)9-12-8-15(21)20(16(12)22)14-5-3-13(17)4-6-14/h3-7,12H,8-9H2,1-2H3/t12-/m1/s1. The summed E-state index contributed by atoms with van der Waals surface area (Å²) in [4.78, 5) is 26.0. The number of carbonyl (C=O) groups is 2. The van der Waals surface area contributed by atoms with Crippen molar-refractivity contribution in [3.05, 3.63) is 46.7 Å². The summed E-state index contributed by atoms with van der Waals surface area (Å²) < 4.78 is 1.79. The number of halogens is 1. The highest BCUT2D eigenvalue weighted by Gasteiger charge is 2.39. The summed E-state index contributed by atoms with van der Waals surface area (Å²) in [5, 5.41) is 4.93. The molecule has 1 aromatic heterocycles. The Balaban J connectivity index is 1.82. The Kier molecular flexibility index (Phi) is 3.74. The number of hydrogen-bond acceptors (Lipinski definition) is 3. The zero-order valence-electron chi connectivity index (χ0n) is 12.4. The Labute approximate surface area is 133 Å². The maximum absolute atomic E-state index is 12.6. The van der Waals surface area contributed by atoms with Crippen LogP contribution in [0.1, 0.15) is 17.8 Å². The van der Waals surface area contributed by atoms with Crippen LogP contribution in [0.4, 0.5) is 5.69 Å². The zero-order valence-corrected chi connectivity index (χ0v) is 13.2. The van der Waals surface area contributed by atoms with Crippen molar-refractivity contribution in [3.8, 4) is 0 Å². The first kappa shape index (κ1) is 14.8. The Morgan fingerprint density at radius 2 is 1.91 bits per heavy atom. The SMILES string of the molecule is Cc1cc(C)n(C[C@H]2CC(=O)N(c3ccc(Cl)cc3)C2=O)n1. The zero-order chi connectivity index (χ0) is 15.9. The third-order valence-electron chi connectivity index (χ3n) is 3.82. The van der Waals surface area contributed by atoms with Crippen LogP contribution in [0.5, 0.6) is 0 Å². The smallest absolute Gasteiger partial charge is 0.239 e. The average Bonchev–Trinajstić information content (AvgIpc) is 2.92. The molecule has 5 nitrogen and oxygen atoms in total. The van der Waals surface area contributed by atoms with Crippen LogP contribution in [0.25, 0.3) is 0 Å². The molecule has 2 amide bonds. The quantitative estimate of drug-likeness (QED) is 0.818. The Hall–Kier alpha value is -2.14. The van der Waals surface area contributed by atoms with E-state index in [0.29, 0.717) is 17.3 Å². The van der Waals surface area contributed by atoms with Crippen LogP contribution in [0.2, 0.25) is 5.02 Å². The summed E-state index contributed by atoms with van der Waals surface area (Å²) in [6.07, 6.45) is 0.208. The van der Waals surface area contributed by atoms with Gasteiger partial charge in [-0.3, -0.25) is 19.2 Å². The predicted molar refractivity (Wildman–Crippen MR) is 83.8 cm³/mol. The third kappa shape index (κ3) is 2.64. The van der Waals surface area contributed by atoms with E-state index in [1.807, 2.05) is 19.9 Å². The molecule has 0 radical (unpaired) electrons. The summed E-state index contributed by atoms with van der Waals surface area (Å²) in [7, 11) is 0. The van der Waals surface area contributed by atoms with Gasteiger partial charge in [-0.15, -0.1) is 0 Å². The van der Waals surface area contributed by atoms with Crippen molar-refractivity contribution in [3.63, 3.8) is 0 Å². The van der Waals surface area contributed by atoms with Crippen molar-refractivity contribution in [1.82, 2.24) is 9.78 Å². The lowest BCUT2D eigenvalue weighted by Crippen LogP contribution is -2.31. The molecule has 1 fully saturated rings. The number of imide groups is 1. The minimum absolute atomic E-state index is 0.181. The summed E-state index contributed by atoms with van der Waals surface area (Å²) in [6.45, 7) is 4.28. The number of hydrogen-bond donors (Lipinski definition) is 0. The summed E-state index contributed by atoms with van der Waals surface area (Å²) in [5.41, 5.74) is 2.46. The molecule has 2 aromatic rings. The largest absolute Gasteiger partial charge is 0.274 e. The lowest BCUT2D eigenvalue weighted by atomic mass is 10.1. The number of anilines is 1. The van der Waals surface area contributed by atoms with E-state index < -0.39 is 0 Å². The topological polar surface area (TPSA) is 55.2 Å². The Morgan fingerprint density at radius 3 is 2.50 bits per heavy atom. The van der Waals surface area contributed by atoms with E-state index in [2.05, 4.69) is 5.10 Å². The fraction of sp³-hybridized carbons (Fsp3) is 0.312. The fourth-order valence-corrected chi connectivity index (χ4v) is 2.89. The van der Waals surface area contributed by atoms with E-state index >= 15 is 0 Å². The van der Waals surface area contributed by atoms with Crippen LogP contribution in [0, 0.1) is 19.8 Å². The van der Waals surface area contributed by atoms with Crippen molar-refractivity contribution in [2.24, 2.45) is 5.92 Å². The monoisotopic (exact) mass is 317 g/mol. The lowest BCUT2D eigenvalue weighted by Gasteiger charge is -2.15. The van der Waals surface area contributed by atoms with E-state index in [-0.39, 0.29) is 24.2 Å². The molecule has 114 valence electrons. The Bertz CT molecular complexity index is 736. The molecule has 1 saturated heterocycles. The normalized spacial score (nSPS) is 18.3. The van der Waals surface area contributed by atoms with Crippen molar-refractivity contribution in [2.45, 2.75) is 26.8 Å². The molecule has 6 heteroatoms. The number of benzene rings is 1. The number of carbonyl (C=O) groups excluding carboxylic acids is 2. The second-order valence-corrected chi connectivity index (χ2v) is 5.99. The highest BCUT2D eigenvalue weighted by molar-refractivity contribution is 6.30. The molecule has 1 aliphatic heterocycles. The van der Waals surface area contributed by atoms with Crippen molar-refractivity contribution in [2.75, 3.05) is 4.90 Å². The number of amides is 2. The van der Waals surface area contributed by atoms with Crippen molar-refractivity contribution < 1.29 is 9.59 Å². The second kappa shape index (κ2) is 5.57. The van der Waals surface area contributed by atoms with E-state index in [1.165, 1.54) is 4.90 Å². The van der Waals surface area contributed by atoms with Crippen LogP contribution in [-0.2, 0) is 16.1 Å². The van der Waals surface area contributed by atoms with Crippen LogP contribution < -0.4 is 4.90 Å². The van der Waals surface area contributed by atoms with Gasteiger partial charge in [0.2, 0.25) is 11.8 Å². The van der Waals surface area contributed by atoms with Gasteiger partial charge in [-0.2, -0.15) is 5.10 Å². The molecule has 0 N–H and O–H groups in total. The molecule has 0 aliphatic carbocycles. The van der Waals surface area contributed by atoms with Gasteiger partial charge in [0.15, 0.2) is 0 Å². The predicted octanol–water partition coefficient (Wildman–Crippen LogP) is 2.73. The molecule has 22 heavy (non-hydrogen) atoms. The van der Waals surface area contributed by atoms with Crippen molar-refractivity contribution >= 4 is 29.1 Å². The maximum Gasteiger partial charge on any atom is 0.239 e. The third-order valence-corrected chi connectivity index (χ3v) is 4.07. The van der Waals surface area contributed by atoms with Gasteiger partial charge in [0.25, 0.3) is 0 Å². The molecule has 0 unspecified atom stereocenters. The van der Waals surface area contributed by atoms with Gasteiger partial charge in [-0.05, 0) is 44.2 Å². The van der Waals surface area contributed by atoms with Gasteiger partial charge in [-0.1, -0.05) is 11.6 Å². The molecule has 0 saturated carbocycles. The minimum Gasteiger partial charge on any atom is -0.274 e. The molecule has 0 bridgehead atoms. The average molecular weight is 318 g/mol. The van der Waals surface area contributed by atoms with Crippen LogP contribution in [-0.4, -0.2) is 21.6 Å². The second-order valence-electron chi connectivity index (χ2n) is 5.55. The number of nitrogens with zero attached hydrogens (tertiary/aromatic N) is 3. The summed E-state index contributed by atoms with van der Waals surface area (Å²) >= 11 is 5.85. The Morgan fingerprint density at radius 1 is 1.23 bits per heavy atom. The van der Waals surface area contributed by atoms with E-state index in [9.17, 15) is 9.59 Å². The minimum atomic E-state index is -0.374. The first-order valence-electron chi connectivity index (χ1n) is 7.09. The number of aromatic nitrogens is 2. The summed E-state index contributed by atoms with van der Waals surface area (Å²) in [6, 6.07) is 8.67. The molecule has 1 atom stereocenters. The fourth-order valence-electron chi connectivity index (χ4n) is 2.77. The van der Waals surface area contributed by atoms with Crippen LogP contribution >= 0.6 is 11.6 Å². The van der Waals surface area contributed by atoms with Crippen molar-refractivity contribution in [1.29, 1.82) is 0 Å². The van der Waals surface area contributed by atoms with Gasteiger partial charge in [0.1, 0.15) is 0 Å². The van der Waals surface area contributed by atoms with Gasteiger partial charge in [-0.25, -0.2) is 0 Å². The summed E-state index contributed by atoms with van der Waals surface area (Å²) in [5.74, 6) is -0.736. The molecule has 0 spiro atoms. The molecular formula is C16H16ClN3O2. The highest BCUT2D eigenvalue weighted by Crippen LogP contribution is 2.28. The molecule has 1 aromatic carbocycles. The van der Waals surface area contributed by atoms with E-state index in [0.717, 1.165) is 11.4 Å². The van der Waals surface area contributed by atoms with Gasteiger partial charge in [0.05, 0.1) is 23.8 Å². The van der Waals surface area contributed by atoms with Gasteiger partial charge in [0, 0.05) is 17.1 Å². The number of rotatable bonds is 3.